The third-order valence-corrected chi connectivity index (χ3v) is 4.29. The van der Waals surface area contributed by atoms with E-state index in [-0.39, 0.29) is 17.4 Å². The average molecular weight is 342 g/mol. The van der Waals surface area contributed by atoms with Crippen LogP contribution in [0.5, 0.6) is 0 Å². The van der Waals surface area contributed by atoms with E-state index in [2.05, 4.69) is 20.7 Å². The third kappa shape index (κ3) is 3.99. The lowest BCUT2D eigenvalue weighted by Gasteiger charge is -2.05. The Kier molecular flexibility index (Phi) is 5.22. The van der Waals surface area contributed by atoms with Gasteiger partial charge in [-0.05, 0) is 24.3 Å². The molecule has 1 amide bonds. The number of aromatic amines is 1. The van der Waals surface area contributed by atoms with Gasteiger partial charge >= 0.3 is 0 Å². The van der Waals surface area contributed by atoms with Crippen molar-refractivity contribution in [3.8, 4) is 11.3 Å². The van der Waals surface area contributed by atoms with Gasteiger partial charge in [0, 0.05) is 22.8 Å². The fourth-order valence-electron chi connectivity index (χ4n) is 2.13. The zero-order valence-corrected chi connectivity index (χ0v) is 13.5. The van der Waals surface area contributed by atoms with Gasteiger partial charge in [-0.15, -0.1) is 11.8 Å². The molecule has 0 atom stereocenters. The number of benzene rings is 2. The van der Waals surface area contributed by atoms with E-state index in [1.165, 1.54) is 12.1 Å². The summed E-state index contributed by atoms with van der Waals surface area (Å²) in [7, 11) is 0. The Labute approximate surface area is 142 Å². The Balaban J connectivity index is 1.54. The second-order valence-corrected chi connectivity index (χ2v) is 6.11. The van der Waals surface area contributed by atoms with E-state index < -0.39 is 0 Å². The zero-order valence-electron chi connectivity index (χ0n) is 12.7. The van der Waals surface area contributed by atoms with Crippen molar-refractivity contribution in [2.45, 2.75) is 4.90 Å². The van der Waals surface area contributed by atoms with E-state index in [0.29, 0.717) is 18.0 Å². The molecule has 3 rings (SSSR count). The first-order chi connectivity index (χ1) is 11.7. The minimum Gasteiger partial charge on any atom is -0.350 e. The summed E-state index contributed by atoms with van der Waals surface area (Å²) in [6.07, 6.45) is 0. The Morgan fingerprint density at radius 2 is 1.83 bits per heavy atom. The van der Waals surface area contributed by atoms with Gasteiger partial charge in [0.15, 0.2) is 5.69 Å². The SMILES string of the molecule is O=C(NCCSc1ccc(F)cc1)c1n[nH]nc1-c1ccccc1. The number of nitrogens with zero attached hydrogens (tertiary/aromatic N) is 2. The molecule has 0 saturated carbocycles. The molecule has 1 heterocycles. The Hall–Kier alpha value is -2.67. The number of nitrogens with one attached hydrogen (secondary N) is 2. The summed E-state index contributed by atoms with van der Waals surface area (Å²) in [6, 6.07) is 15.7. The van der Waals surface area contributed by atoms with Gasteiger partial charge in [0.1, 0.15) is 11.5 Å². The fourth-order valence-corrected chi connectivity index (χ4v) is 2.90. The molecule has 1 aromatic heterocycles. The van der Waals surface area contributed by atoms with Crippen LogP contribution in [0.3, 0.4) is 0 Å². The van der Waals surface area contributed by atoms with Crippen LogP contribution >= 0.6 is 11.8 Å². The number of carbonyl (C=O) groups is 1. The first-order valence-electron chi connectivity index (χ1n) is 7.37. The van der Waals surface area contributed by atoms with Gasteiger partial charge in [-0.2, -0.15) is 15.4 Å². The molecule has 0 bridgehead atoms. The molecular formula is C17H15FN4OS. The van der Waals surface area contributed by atoms with Crippen LogP contribution in [0.25, 0.3) is 11.3 Å². The number of amides is 1. The fraction of sp³-hybridized carbons (Fsp3) is 0.118. The lowest BCUT2D eigenvalue weighted by molar-refractivity contribution is 0.0952. The van der Waals surface area contributed by atoms with Crippen molar-refractivity contribution in [1.82, 2.24) is 20.7 Å². The molecule has 2 N–H and O–H groups in total. The molecule has 0 aliphatic heterocycles. The summed E-state index contributed by atoms with van der Waals surface area (Å²) < 4.78 is 12.8. The number of thioether (sulfide) groups is 1. The summed E-state index contributed by atoms with van der Waals surface area (Å²) in [4.78, 5) is 13.2. The van der Waals surface area contributed by atoms with Gasteiger partial charge in [-0.25, -0.2) is 4.39 Å². The van der Waals surface area contributed by atoms with Crippen LogP contribution in [0.1, 0.15) is 10.5 Å². The molecule has 0 radical (unpaired) electrons. The van der Waals surface area contributed by atoms with Gasteiger partial charge in [0.2, 0.25) is 0 Å². The van der Waals surface area contributed by atoms with Crippen molar-refractivity contribution >= 4 is 17.7 Å². The predicted molar refractivity (Wildman–Crippen MR) is 91.3 cm³/mol. The molecule has 0 aliphatic carbocycles. The largest absolute Gasteiger partial charge is 0.350 e. The number of hydrogen-bond acceptors (Lipinski definition) is 4. The van der Waals surface area contributed by atoms with Crippen LogP contribution in [0.4, 0.5) is 4.39 Å². The van der Waals surface area contributed by atoms with Crippen LogP contribution in [0.2, 0.25) is 0 Å². The monoisotopic (exact) mass is 342 g/mol. The highest BCUT2D eigenvalue weighted by atomic mass is 32.2. The second kappa shape index (κ2) is 7.74. The van der Waals surface area contributed by atoms with Crippen molar-refractivity contribution in [2.75, 3.05) is 12.3 Å². The highest BCUT2D eigenvalue weighted by Gasteiger charge is 2.17. The van der Waals surface area contributed by atoms with Crippen LogP contribution in [0.15, 0.2) is 59.5 Å². The molecule has 0 spiro atoms. The first kappa shape index (κ1) is 16.2. The molecule has 5 nitrogen and oxygen atoms in total. The highest BCUT2D eigenvalue weighted by Crippen LogP contribution is 2.19. The van der Waals surface area contributed by atoms with Gasteiger partial charge in [0.25, 0.3) is 5.91 Å². The second-order valence-electron chi connectivity index (χ2n) is 4.95. The van der Waals surface area contributed by atoms with E-state index in [1.54, 1.807) is 23.9 Å². The van der Waals surface area contributed by atoms with Crippen molar-refractivity contribution in [2.24, 2.45) is 0 Å². The summed E-state index contributed by atoms with van der Waals surface area (Å²) in [6.45, 7) is 0.474. The summed E-state index contributed by atoms with van der Waals surface area (Å²) in [5.74, 6) is 0.144. The van der Waals surface area contributed by atoms with E-state index >= 15 is 0 Å². The van der Waals surface area contributed by atoms with Crippen molar-refractivity contribution in [3.63, 3.8) is 0 Å². The minimum atomic E-state index is -0.276. The topological polar surface area (TPSA) is 70.7 Å². The zero-order chi connectivity index (χ0) is 16.8. The van der Waals surface area contributed by atoms with E-state index in [9.17, 15) is 9.18 Å². The number of aromatic nitrogens is 3. The normalized spacial score (nSPS) is 10.5. The predicted octanol–water partition coefficient (Wildman–Crippen LogP) is 3.13. The third-order valence-electron chi connectivity index (χ3n) is 3.28. The highest BCUT2D eigenvalue weighted by molar-refractivity contribution is 7.99. The Morgan fingerprint density at radius 1 is 1.08 bits per heavy atom. The summed E-state index contributed by atoms with van der Waals surface area (Å²) in [5.41, 5.74) is 1.63. The van der Waals surface area contributed by atoms with Crippen molar-refractivity contribution in [3.05, 3.63) is 66.1 Å². The minimum absolute atomic E-state index is 0.257. The molecule has 0 aliphatic rings. The van der Waals surface area contributed by atoms with Crippen molar-refractivity contribution in [1.29, 1.82) is 0 Å². The number of H-pyrrole nitrogens is 1. The molecule has 122 valence electrons. The van der Waals surface area contributed by atoms with Crippen LogP contribution < -0.4 is 5.32 Å². The van der Waals surface area contributed by atoms with Crippen LogP contribution in [0, 0.1) is 5.82 Å². The molecule has 0 saturated heterocycles. The average Bonchev–Trinajstić information content (AvgIpc) is 3.11. The Bertz CT molecular complexity index is 805. The van der Waals surface area contributed by atoms with E-state index in [1.807, 2.05) is 30.3 Å². The lowest BCUT2D eigenvalue weighted by Crippen LogP contribution is -2.26. The van der Waals surface area contributed by atoms with Gasteiger partial charge < -0.3 is 5.32 Å². The number of rotatable bonds is 6. The van der Waals surface area contributed by atoms with Gasteiger partial charge in [0.05, 0.1) is 0 Å². The maximum absolute atomic E-state index is 12.8. The molecule has 7 heteroatoms. The summed E-state index contributed by atoms with van der Waals surface area (Å²) in [5, 5.41) is 13.3. The molecule has 0 unspecified atom stereocenters. The molecule has 24 heavy (non-hydrogen) atoms. The molecule has 0 fully saturated rings. The first-order valence-corrected chi connectivity index (χ1v) is 8.35. The molecule has 3 aromatic rings. The maximum atomic E-state index is 12.8. The Morgan fingerprint density at radius 3 is 2.58 bits per heavy atom. The van der Waals surface area contributed by atoms with Crippen LogP contribution in [-0.4, -0.2) is 33.6 Å². The van der Waals surface area contributed by atoms with E-state index in [0.717, 1.165) is 10.5 Å². The molecule has 2 aromatic carbocycles. The van der Waals surface area contributed by atoms with Gasteiger partial charge in [-0.3, -0.25) is 4.79 Å². The number of carbonyl (C=O) groups excluding carboxylic acids is 1. The van der Waals surface area contributed by atoms with E-state index in [4.69, 9.17) is 0 Å². The lowest BCUT2D eigenvalue weighted by atomic mass is 10.1. The smallest absolute Gasteiger partial charge is 0.274 e. The molecular weight excluding hydrogens is 327 g/mol. The maximum Gasteiger partial charge on any atom is 0.274 e. The van der Waals surface area contributed by atoms with Gasteiger partial charge in [-0.1, -0.05) is 30.3 Å². The standard InChI is InChI=1S/C17H15FN4OS/c18-13-6-8-14(9-7-13)24-11-10-19-17(23)16-15(20-22-21-16)12-4-2-1-3-5-12/h1-9H,10-11H2,(H,19,23)(H,20,21,22). The van der Waals surface area contributed by atoms with Crippen LogP contribution in [-0.2, 0) is 0 Å². The number of hydrogen-bond donors (Lipinski definition) is 2. The van der Waals surface area contributed by atoms with Crippen molar-refractivity contribution < 1.29 is 9.18 Å². The quantitative estimate of drug-likeness (QED) is 0.533. The number of halogens is 1. The summed E-state index contributed by atoms with van der Waals surface area (Å²) >= 11 is 1.54.